The molecule has 0 radical (unpaired) electrons. The zero-order valence-corrected chi connectivity index (χ0v) is 8.00. The molecule has 1 nitrogen and oxygen atoms in total. The Bertz CT molecular complexity index is 187. The molecule has 0 aromatic carbocycles. The van der Waals surface area contributed by atoms with Crippen LogP contribution in [-0.2, 0) is 0 Å². The number of piperidine rings is 1. The first-order valence-corrected chi connectivity index (χ1v) is 5.66. The molecule has 2 bridgehead atoms. The van der Waals surface area contributed by atoms with Gasteiger partial charge >= 0.3 is 0 Å². The molecule has 4 atom stereocenters. The Morgan fingerprint density at radius 1 is 1.25 bits per heavy atom. The Balaban J connectivity index is 1.83. The van der Waals surface area contributed by atoms with Crippen molar-refractivity contribution >= 4 is 0 Å². The van der Waals surface area contributed by atoms with Gasteiger partial charge in [0, 0.05) is 12.1 Å². The van der Waals surface area contributed by atoms with Gasteiger partial charge < -0.3 is 0 Å². The summed E-state index contributed by atoms with van der Waals surface area (Å²) >= 11 is 0. The minimum atomic E-state index is 1.01. The highest BCUT2D eigenvalue weighted by molar-refractivity contribution is 5.05. The zero-order valence-electron chi connectivity index (χ0n) is 8.00. The molecule has 0 aromatic heterocycles. The fourth-order valence-electron chi connectivity index (χ4n) is 4.04. The van der Waals surface area contributed by atoms with E-state index in [1.807, 2.05) is 0 Å². The summed E-state index contributed by atoms with van der Waals surface area (Å²) in [5.74, 6) is 2.16. The van der Waals surface area contributed by atoms with E-state index in [0.717, 1.165) is 23.9 Å². The molecule has 1 saturated carbocycles. The van der Waals surface area contributed by atoms with Crippen molar-refractivity contribution in [1.29, 1.82) is 0 Å². The molecule has 1 aliphatic carbocycles. The molecule has 2 heterocycles. The largest absolute Gasteiger partial charge is 0.297 e. The fourth-order valence-corrected chi connectivity index (χ4v) is 4.04. The van der Waals surface area contributed by atoms with Gasteiger partial charge in [-0.25, -0.2) is 0 Å². The van der Waals surface area contributed by atoms with Crippen LogP contribution in [0.4, 0.5) is 0 Å². The normalized spacial score (nSPS) is 51.8. The van der Waals surface area contributed by atoms with Gasteiger partial charge in [-0.2, -0.15) is 0 Å². The van der Waals surface area contributed by atoms with Gasteiger partial charge in [-0.15, -0.1) is 0 Å². The predicted octanol–water partition coefficient (Wildman–Crippen LogP) is 2.27. The Hall–Kier alpha value is -0.0400. The van der Waals surface area contributed by atoms with Crippen LogP contribution in [0.5, 0.6) is 0 Å². The molecular weight excluding hydrogens is 146 g/mol. The van der Waals surface area contributed by atoms with Crippen molar-refractivity contribution in [2.45, 2.75) is 51.1 Å². The van der Waals surface area contributed by atoms with Crippen LogP contribution in [0.2, 0.25) is 0 Å². The summed E-state index contributed by atoms with van der Waals surface area (Å²) < 4.78 is 0. The topological polar surface area (TPSA) is 3.24 Å². The molecule has 0 aromatic rings. The van der Waals surface area contributed by atoms with Crippen LogP contribution in [0.15, 0.2) is 0 Å². The predicted molar refractivity (Wildman–Crippen MR) is 50.0 cm³/mol. The van der Waals surface area contributed by atoms with Gasteiger partial charge in [0.05, 0.1) is 0 Å². The summed E-state index contributed by atoms with van der Waals surface area (Å²) in [5, 5.41) is 0. The number of rotatable bonds is 1. The van der Waals surface area contributed by atoms with Gasteiger partial charge in [0.2, 0.25) is 0 Å². The van der Waals surface area contributed by atoms with Gasteiger partial charge in [-0.05, 0) is 44.1 Å². The highest BCUT2D eigenvalue weighted by Crippen LogP contribution is 2.50. The molecule has 12 heavy (non-hydrogen) atoms. The number of hydrogen-bond acceptors (Lipinski definition) is 1. The lowest BCUT2D eigenvalue weighted by molar-refractivity contribution is 0.133. The van der Waals surface area contributed by atoms with Gasteiger partial charge in [-0.3, -0.25) is 4.90 Å². The van der Waals surface area contributed by atoms with Crippen LogP contribution < -0.4 is 0 Å². The average Bonchev–Trinajstić information content (AvgIpc) is 2.75. The highest BCUT2D eigenvalue weighted by Gasteiger charge is 2.51. The van der Waals surface area contributed by atoms with E-state index in [0.29, 0.717) is 0 Å². The number of hydrogen-bond donors (Lipinski definition) is 0. The van der Waals surface area contributed by atoms with Crippen LogP contribution in [0.25, 0.3) is 0 Å². The standard InChI is InChI=1S/C11H19N/c1-2-8-6-9-7-11(8)12-5-3-4-10(9)12/h8-11H,2-7H2,1H3. The minimum absolute atomic E-state index is 1.01. The van der Waals surface area contributed by atoms with E-state index < -0.39 is 0 Å². The zero-order chi connectivity index (χ0) is 8.13. The Labute approximate surface area is 75.1 Å². The number of fused-ring (bicyclic) bond motifs is 5. The van der Waals surface area contributed by atoms with E-state index in [9.17, 15) is 0 Å². The Morgan fingerprint density at radius 2 is 2.17 bits per heavy atom. The van der Waals surface area contributed by atoms with E-state index in [2.05, 4.69) is 11.8 Å². The molecule has 68 valence electrons. The lowest BCUT2D eigenvalue weighted by Gasteiger charge is -2.34. The first-order chi connectivity index (χ1) is 5.90. The molecule has 3 fully saturated rings. The van der Waals surface area contributed by atoms with Gasteiger partial charge in [0.15, 0.2) is 0 Å². The molecular formula is C11H19N. The quantitative estimate of drug-likeness (QED) is 0.576. The second-order valence-electron chi connectivity index (χ2n) is 4.91. The van der Waals surface area contributed by atoms with Gasteiger partial charge in [-0.1, -0.05) is 13.3 Å². The van der Waals surface area contributed by atoms with Gasteiger partial charge in [0.1, 0.15) is 0 Å². The summed E-state index contributed by atoms with van der Waals surface area (Å²) in [4.78, 5) is 2.84. The third kappa shape index (κ3) is 0.783. The van der Waals surface area contributed by atoms with Gasteiger partial charge in [0.25, 0.3) is 0 Å². The third-order valence-electron chi connectivity index (χ3n) is 4.53. The van der Waals surface area contributed by atoms with Crippen LogP contribution in [-0.4, -0.2) is 23.5 Å². The molecule has 2 saturated heterocycles. The van der Waals surface area contributed by atoms with Crippen LogP contribution in [0.3, 0.4) is 0 Å². The smallest absolute Gasteiger partial charge is 0.0130 e. The summed E-state index contributed by atoms with van der Waals surface area (Å²) in [6, 6.07) is 2.03. The highest BCUT2D eigenvalue weighted by atomic mass is 15.3. The monoisotopic (exact) mass is 165 g/mol. The second-order valence-corrected chi connectivity index (χ2v) is 4.91. The molecule has 0 amide bonds. The molecule has 4 unspecified atom stereocenters. The molecule has 1 heteroatoms. The van der Waals surface area contributed by atoms with Crippen molar-refractivity contribution in [1.82, 2.24) is 4.90 Å². The van der Waals surface area contributed by atoms with Crippen molar-refractivity contribution in [2.75, 3.05) is 6.54 Å². The summed E-state index contributed by atoms with van der Waals surface area (Å²) in [5.41, 5.74) is 0. The van der Waals surface area contributed by atoms with Crippen LogP contribution in [0, 0.1) is 11.8 Å². The van der Waals surface area contributed by atoms with Crippen LogP contribution >= 0.6 is 0 Å². The molecule has 3 rings (SSSR count). The Morgan fingerprint density at radius 3 is 3.00 bits per heavy atom. The van der Waals surface area contributed by atoms with Crippen molar-refractivity contribution < 1.29 is 0 Å². The lowest BCUT2D eigenvalue weighted by atomic mass is 9.91. The first-order valence-electron chi connectivity index (χ1n) is 5.66. The lowest BCUT2D eigenvalue weighted by Crippen LogP contribution is -2.40. The van der Waals surface area contributed by atoms with E-state index in [1.54, 1.807) is 12.8 Å². The molecule has 0 spiro atoms. The van der Waals surface area contributed by atoms with Crippen molar-refractivity contribution in [2.24, 2.45) is 11.8 Å². The Kier molecular flexibility index (Phi) is 1.52. The maximum Gasteiger partial charge on any atom is 0.0130 e. The third-order valence-corrected chi connectivity index (χ3v) is 4.53. The molecule has 2 aliphatic heterocycles. The summed E-state index contributed by atoms with van der Waals surface area (Å²) in [6.45, 7) is 3.79. The maximum atomic E-state index is 2.84. The number of nitrogens with zero attached hydrogens (tertiary/aromatic N) is 1. The summed E-state index contributed by atoms with van der Waals surface area (Å²) in [7, 11) is 0. The average molecular weight is 165 g/mol. The summed E-state index contributed by atoms with van der Waals surface area (Å²) in [6.07, 6.45) is 7.52. The second kappa shape index (κ2) is 2.47. The van der Waals surface area contributed by atoms with Crippen molar-refractivity contribution in [3.05, 3.63) is 0 Å². The minimum Gasteiger partial charge on any atom is -0.297 e. The first kappa shape index (κ1) is 7.37. The van der Waals surface area contributed by atoms with Crippen LogP contribution in [0.1, 0.15) is 39.0 Å². The van der Waals surface area contributed by atoms with E-state index in [4.69, 9.17) is 0 Å². The van der Waals surface area contributed by atoms with Crippen molar-refractivity contribution in [3.8, 4) is 0 Å². The maximum absolute atomic E-state index is 2.84. The van der Waals surface area contributed by atoms with E-state index in [-0.39, 0.29) is 0 Å². The fraction of sp³-hybridized carbons (Fsp3) is 1.00. The van der Waals surface area contributed by atoms with Crippen molar-refractivity contribution in [3.63, 3.8) is 0 Å². The molecule has 0 N–H and O–H groups in total. The van der Waals surface area contributed by atoms with E-state index in [1.165, 1.54) is 25.8 Å². The SMILES string of the molecule is CCC1CC2CC1N1CCCC21. The van der Waals surface area contributed by atoms with E-state index >= 15 is 0 Å². The molecule has 3 aliphatic rings.